The van der Waals surface area contributed by atoms with Crippen molar-refractivity contribution < 1.29 is 19.1 Å². The number of rotatable bonds is 5. The van der Waals surface area contributed by atoms with Crippen molar-refractivity contribution in [2.75, 3.05) is 13.2 Å². The normalized spacial score (nSPS) is 23.9. The van der Waals surface area contributed by atoms with Crippen LogP contribution in [-0.4, -0.2) is 36.1 Å². The molecule has 2 aliphatic rings. The second kappa shape index (κ2) is 7.80. The van der Waals surface area contributed by atoms with Crippen molar-refractivity contribution in [3.8, 4) is 0 Å². The highest BCUT2D eigenvalue weighted by atomic mass is 16.5. The van der Waals surface area contributed by atoms with Crippen LogP contribution in [0.25, 0.3) is 0 Å². The lowest BCUT2D eigenvalue weighted by molar-refractivity contribution is -0.134. The van der Waals surface area contributed by atoms with Gasteiger partial charge in [0.1, 0.15) is 6.61 Å². The summed E-state index contributed by atoms with van der Waals surface area (Å²) in [5, 5.41) is 2.79. The van der Waals surface area contributed by atoms with Crippen LogP contribution in [0.4, 0.5) is 4.79 Å². The van der Waals surface area contributed by atoms with Gasteiger partial charge in [0.15, 0.2) is 6.23 Å². The monoisotopic (exact) mass is 366 g/mol. The zero-order chi connectivity index (χ0) is 18.6. The lowest BCUT2D eigenvalue weighted by Gasteiger charge is -2.23. The standard InChI is InChI=1S/C21H22N2O4/c24-19-11-17(12-22-21(25)27-13-15-7-3-1-4-8-15)18-14-26-20(23(18)19)16-9-5-2-6-10-16/h1-10,17-18,20H,11-14H2,(H,22,25)/t17-,18+,20+/m0/s1. The summed E-state index contributed by atoms with van der Waals surface area (Å²) in [6.07, 6.45) is -0.391. The Kier molecular flexibility index (Phi) is 5.07. The van der Waals surface area contributed by atoms with Gasteiger partial charge in [-0.25, -0.2) is 4.79 Å². The number of carbonyl (C=O) groups excluding carboxylic acids is 2. The van der Waals surface area contributed by atoms with Gasteiger partial charge < -0.3 is 19.7 Å². The molecule has 2 fully saturated rings. The molecule has 0 saturated carbocycles. The molecule has 0 aromatic heterocycles. The summed E-state index contributed by atoms with van der Waals surface area (Å²) in [4.78, 5) is 26.3. The third kappa shape index (κ3) is 3.80. The number of alkyl carbamates (subject to hydrolysis) is 1. The van der Waals surface area contributed by atoms with E-state index in [2.05, 4.69) is 5.32 Å². The van der Waals surface area contributed by atoms with Crippen LogP contribution < -0.4 is 5.32 Å². The minimum absolute atomic E-state index is 0.0165. The van der Waals surface area contributed by atoms with E-state index in [1.807, 2.05) is 65.6 Å². The van der Waals surface area contributed by atoms with Gasteiger partial charge >= 0.3 is 6.09 Å². The molecular formula is C21H22N2O4. The Labute approximate surface area is 158 Å². The number of nitrogens with one attached hydrogen (secondary N) is 1. The van der Waals surface area contributed by atoms with Crippen LogP contribution in [0.15, 0.2) is 60.7 Å². The minimum atomic E-state index is -0.469. The van der Waals surface area contributed by atoms with Gasteiger partial charge in [-0.15, -0.1) is 0 Å². The Morgan fingerprint density at radius 2 is 1.81 bits per heavy atom. The van der Waals surface area contributed by atoms with E-state index in [4.69, 9.17) is 9.47 Å². The van der Waals surface area contributed by atoms with E-state index >= 15 is 0 Å². The molecule has 2 amide bonds. The van der Waals surface area contributed by atoms with E-state index in [9.17, 15) is 9.59 Å². The molecule has 4 rings (SSSR count). The van der Waals surface area contributed by atoms with E-state index in [0.717, 1.165) is 11.1 Å². The number of hydrogen-bond acceptors (Lipinski definition) is 4. The Morgan fingerprint density at radius 1 is 1.11 bits per heavy atom. The summed E-state index contributed by atoms with van der Waals surface area (Å²) in [5.41, 5.74) is 1.91. The summed E-state index contributed by atoms with van der Waals surface area (Å²) >= 11 is 0. The van der Waals surface area contributed by atoms with Crippen molar-refractivity contribution >= 4 is 12.0 Å². The molecule has 140 valence electrons. The number of nitrogens with zero attached hydrogens (tertiary/aromatic N) is 1. The van der Waals surface area contributed by atoms with Gasteiger partial charge in [-0.3, -0.25) is 4.79 Å². The van der Waals surface area contributed by atoms with Crippen molar-refractivity contribution in [3.63, 3.8) is 0 Å². The zero-order valence-corrected chi connectivity index (χ0v) is 14.9. The SMILES string of the molecule is O=C(NC[C@@H]1CC(=O)N2[C@@H](c3ccccc3)OC[C@H]12)OCc1ccccc1. The minimum Gasteiger partial charge on any atom is -0.445 e. The molecule has 1 N–H and O–H groups in total. The molecule has 2 saturated heterocycles. The molecule has 3 atom stereocenters. The zero-order valence-electron chi connectivity index (χ0n) is 14.9. The molecule has 0 aliphatic carbocycles. The quantitative estimate of drug-likeness (QED) is 0.884. The van der Waals surface area contributed by atoms with Crippen LogP contribution in [0.5, 0.6) is 0 Å². The largest absolute Gasteiger partial charge is 0.445 e. The second-order valence-corrected chi connectivity index (χ2v) is 6.87. The first-order valence-corrected chi connectivity index (χ1v) is 9.14. The molecule has 2 aliphatic heterocycles. The predicted octanol–water partition coefficient (Wildman–Crippen LogP) is 2.86. The molecule has 6 heteroatoms. The average Bonchev–Trinajstić information content (AvgIpc) is 3.28. The first-order valence-electron chi connectivity index (χ1n) is 9.14. The highest BCUT2D eigenvalue weighted by molar-refractivity contribution is 5.80. The molecular weight excluding hydrogens is 344 g/mol. The first kappa shape index (κ1) is 17.5. The van der Waals surface area contributed by atoms with Crippen LogP contribution in [0.1, 0.15) is 23.8 Å². The molecule has 6 nitrogen and oxygen atoms in total. The third-order valence-corrected chi connectivity index (χ3v) is 5.11. The Hall–Kier alpha value is -2.86. The van der Waals surface area contributed by atoms with E-state index in [1.54, 1.807) is 0 Å². The molecule has 0 bridgehead atoms. The molecule has 27 heavy (non-hydrogen) atoms. The van der Waals surface area contributed by atoms with Crippen LogP contribution >= 0.6 is 0 Å². The van der Waals surface area contributed by atoms with E-state index in [-0.39, 0.29) is 30.7 Å². The first-order chi connectivity index (χ1) is 13.2. The maximum Gasteiger partial charge on any atom is 0.407 e. The predicted molar refractivity (Wildman–Crippen MR) is 98.5 cm³/mol. The topological polar surface area (TPSA) is 67.9 Å². The van der Waals surface area contributed by atoms with Gasteiger partial charge in [0.2, 0.25) is 5.91 Å². The summed E-state index contributed by atoms with van der Waals surface area (Å²) in [6, 6.07) is 19.3. The van der Waals surface area contributed by atoms with Crippen molar-refractivity contribution in [3.05, 3.63) is 71.8 Å². The lowest BCUT2D eigenvalue weighted by Crippen LogP contribution is -2.37. The smallest absolute Gasteiger partial charge is 0.407 e. The van der Waals surface area contributed by atoms with Crippen molar-refractivity contribution in [1.82, 2.24) is 10.2 Å². The van der Waals surface area contributed by atoms with Crippen LogP contribution in [0.2, 0.25) is 0 Å². The molecule has 0 unspecified atom stereocenters. The maximum atomic E-state index is 12.5. The van der Waals surface area contributed by atoms with Gasteiger partial charge in [0.25, 0.3) is 0 Å². The third-order valence-electron chi connectivity index (χ3n) is 5.11. The highest BCUT2D eigenvalue weighted by Crippen LogP contribution is 2.39. The lowest BCUT2D eigenvalue weighted by atomic mass is 10.0. The number of hydrogen-bond donors (Lipinski definition) is 1. The van der Waals surface area contributed by atoms with E-state index in [0.29, 0.717) is 19.6 Å². The Morgan fingerprint density at radius 3 is 2.56 bits per heavy atom. The number of ether oxygens (including phenoxy) is 2. The van der Waals surface area contributed by atoms with Crippen LogP contribution in [-0.2, 0) is 20.9 Å². The maximum absolute atomic E-state index is 12.5. The number of benzene rings is 2. The van der Waals surface area contributed by atoms with Crippen LogP contribution in [0.3, 0.4) is 0 Å². The highest BCUT2D eigenvalue weighted by Gasteiger charge is 2.48. The van der Waals surface area contributed by atoms with Crippen LogP contribution in [0, 0.1) is 5.92 Å². The van der Waals surface area contributed by atoms with E-state index < -0.39 is 6.09 Å². The van der Waals surface area contributed by atoms with Gasteiger partial charge in [-0.1, -0.05) is 60.7 Å². The number of amides is 2. The fourth-order valence-electron chi connectivity index (χ4n) is 3.74. The summed E-state index contributed by atoms with van der Waals surface area (Å²) in [6.45, 7) is 1.10. The Balaban J connectivity index is 1.31. The van der Waals surface area contributed by atoms with Gasteiger partial charge in [-0.05, 0) is 5.56 Å². The molecule has 2 aromatic carbocycles. The summed E-state index contributed by atoms with van der Waals surface area (Å²) < 4.78 is 11.1. The van der Waals surface area contributed by atoms with Crippen molar-refractivity contribution in [2.45, 2.75) is 25.3 Å². The van der Waals surface area contributed by atoms with Gasteiger partial charge in [0.05, 0.1) is 12.6 Å². The second-order valence-electron chi connectivity index (χ2n) is 6.87. The molecule has 0 radical (unpaired) electrons. The fourth-order valence-corrected chi connectivity index (χ4v) is 3.74. The van der Waals surface area contributed by atoms with Gasteiger partial charge in [0, 0.05) is 24.4 Å². The van der Waals surface area contributed by atoms with Crippen molar-refractivity contribution in [2.24, 2.45) is 5.92 Å². The Bertz CT molecular complexity index is 796. The fraction of sp³-hybridized carbons (Fsp3) is 0.333. The number of carbonyl (C=O) groups is 2. The van der Waals surface area contributed by atoms with Gasteiger partial charge in [-0.2, -0.15) is 0 Å². The molecule has 2 heterocycles. The average molecular weight is 366 g/mol. The summed E-state index contributed by atoms with van der Waals surface area (Å²) in [5.74, 6) is 0.0892. The molecule has 2 aromatic rings. The van der Waals surface area contributed by atoms with E-state index in [1.165, 1.54) is 0 Å². The molecule has 0 spiro atoms. The number of fused-ring (bicyclic) bond motifs is 1. The summed E-state index contributed by atoms with van der Waals surface area (Å²) in [7, 11) is 0. The van der Waals surface area contributed by atoms with Crippen molar-refractivity contribution in [1.29, 1.82) is 0 Å².